The number of nitro benzene ring substituents is 1. The van der Waals surface area contributed by atoms with Gasteiger partial charge in [-0.1, -0.05) is 12.1 Å². The molecule has 0 bridgehead atoms. The van der Waals surface area contributed by atoms with Crippen LogP contribution in [-0.4, -0.2) is 32.5 Å². The number of nitrogens with one attached hydrogen (secondary N) is 1. The van der Waals surface area contributed by atoms with Gasteiger partial charge in [-0.25, -0.2) is 17.9 Å². The molecule has 0 amide bonds. The van der Waals surface area contributed by atoms with Crippen molar-refractivity contribution in [3.63, 3.8) is 0 Å². The van der Waals surface area contributed by atoms with Crippen LogP contribution in [0.4, 0.5) is 5.69 Å². The summed E-state index contributed by atoms with van der Waals surface area (Å²) in [6.45, 7) is -0.186. The van der Waals surface area contributed by atoms with E-state index in [1.54, 1.807) is 6.07 Å². The minimum Gasteiger partial charge on any atom is -0.495 e. The number of methoxy groups -OCH3 is 1. The lowest BCUT2D eigenvalue weighted by Gasteiger charge is -2.12. The van der Waals surface area contributed by atoms with E-state index < -0.39 is 20.9 Å². The zero-order valence-corrected chi connectivity index (χ0v) is 15.8. The van der Waals surface area contributed by atoms with Gasteiger partial charge in [0, 0.05) is 18.2 Å². The fraction of sp³-hybridized carbons (Fsp3) is 0.278. The van der Waals surface area contributed by atoms with Crippen molar-refractivity contribution in [1.29, 1.82) is 0 Å². The van der Waals surface area contributed by atoms with E-state index in [9.17, 15) is 23.3 Å². The molecule has 3 rings (SSSR count). The van der Waals surface area contributed by atoms with E-state index in [1.807, 2.05) is 0 Å². The summed E-state index contributed by atoms with van der Waals surface area (Å²) >= 11 is 0. The Hall–Kier alpha value is -2.98. The Morgan fingerprint density at radius 2 is 2.00 bits per heavy atom. The standard InChI is InChI=1S/C18H18N2O7S/c1-26-16-8-5-13(10-17(16)28(24,25)19-14-6-7-14)18(21)27-11-12-3-2-4-15(9-12)20(22)23/h2-5,8-10,14,19H,6-7,11H2,1H3. The van der Waals surface area contributed by atoms with Crippen LogP contribution >= 0.6 is 0 Å². The number of benzene rings is 2. The third kappa shape index (κ3) is 4.65. The molecule has 1 N–H and O–H groups in total. The average Bonchev–Trinajstić information content (AvgIpc) is 3.49. The maximum absolute atomic E-state index is 12.5. The van der Waals surface area contributed by atoms with Gasteiger partial charge in [0.25, 0.3) is 5.69 Å². The molecule has 28 heavy (non-hydrogen) atoms. The van der Waals surface area contributed by atoms with Crippen LogP contribution in [0, 0.1) is 10.1 Å². The van der Waals surface area contributed by atoms with Crippen molar-refractivity contribution in [1.82, 2.24) is 4.72 Å². The molecular weight excluding hydrogens is 388 g/mol. The Bertz CT molecular complexity index is 1020. The minimum absolute atomic E-state index is 0.0300. The van der Waals surface area contributed by atoms with Crippen LogP contribution in [0.25, 0.3) is 0 Å². The zero-order chi connectivity index (χ0) is 20.3. The third-order valence-electron chi connectivity index (χ3n) is 4.08. The van der Waals surface area contributed by atoms with Gasteiger partial charge in [0.1, 0.15) is 17.3 Å². The maximum Gasteiger partial charge on any atom is 0.338 e. The molecule has 0 aliphatic heterocycles. The summed E-state index contributed by atoms with van der Waals surface area (Å²) in [6.07, 6.45) is 1.54. The topological polar surface area (TPSA) is 125 Å². The monoisotopic (exact) mass is 406 g/mol. The first-order valence-electron chi connectivity index (χ1n) is 8.41. The number of hydrogen-bond donors (Lipinski definition) is 1. The van der Waals surface area contributed by atoms with Gasteiger partial charge in [-0.3, -0.25) is 10.1 Å². The first kappa shape index (κ1) is 19.8. The lowest BCUT2D eigenvalue weighted by molar-refractivity contribution is -0.384. The summed E-state index contributed by atoms with van der Waals surface area (Å²) in [6, 6.07) is 9.58. The molecule has 1 fully saturated rings. The molecule has 0 heterocycles. The number of rotatable bonds is 8. The highest BCUT2D eigenvalue weighted by Gasteiger charge is 2.30. The van der Waals surface area contributed by atoms with Crippen molar-refractivity contribution < 1.29 is 27.6 Å². The maximum atomic E-state index is 12.5. The Kier molecular flexibility index (Phi) is 5.61. The number of ether oxygens (including phenoxy) is 2. The number of carbonyl (C=O) groups excluding carboxylic acids is 1. The molecule has 0 saturated heterocycles. The second-order valence-corrected chi connectivity index (χ2v) is 7.95. The van der Waals surface area contributed by atoms with Gasteiger partial charge < -0.3 is 9.47 Å². The van der Waals surface area contributed by atoms with Crippen molar-refractivity contribution in [2.75, 3.05) is 7.11 Å². The van der Waals surface area contributed by atoms with Gasteiger partial charge in [-0.05, 0) is 36.6 Å². The van der Waals surface area contributed by atoms with Crippen LogP contribution in [0.15, 0.2) is 47.4 Å². The van der Waals surface area contributed by atoms with Crippen LogP contribution in [0.2, 0.25) is 0 Å². The van der Waals surface area contributed by atoms with Gasteiger partial charge in [0.2, 0.25) is 10.0 Å². The second-order valence-electron chi connectivity index (χ2n) is 6.26. The summed E-state index contributed by atoms with van der Waals surface area (Å²) in [7, 11) is -2.50. The van der Waals surface area contributed by atoms with Gasteiger partial charge in [0.15, 0.2) is 0 Å². The molecule has 2 aromatic rings. The van der Waals surface area contributed by atoms with E-state index in [2.05, 4.69) is 4.72 Å². The third-order valence-corrected chi connectivity index (χ3v) is 5.62. The Morgan fingerprint density at radius 3 is 2.64 bits per heavy atom. The minimum atomic E-state index is -3.84. The van der Waals surface area contributed by atoms with E-state index in [-0.39, 0.29) is 34.5 Å². The smallest absolute Gasteiger partial charge is 0.338 e. The average molecular weight is 406 g/mol. The quantitative estimate of drug-likeness (QED) is 0.405. The van der Waals surface area contributed by atoms with Crippen LogP contribution in [-0.2, 0) is 21.4 Å². The molecule has 148 valence electrons. The van der Waals surface area contributed by atoms with Crippen molar-refractivity contribution in [2.24, 2.45) is 0 Å². The molecule has 1 saturated carbocycles. The lowest BCUT2D eigenvalue weighted by Crippen LogP contribution is -2.26. The van der Waals surface area contributed by atoms with Crippen molar-refractivity contribution in [2.45, 2.75) is 30.4 Å². The lowest BCUT2D eigenvalue weighted by atomic mass is 10.2. The first-order valence-corrected chi connectivity index (χ1v) is 9.89. The largest absolute Gasteiger partial charge is 0.495 e. The summed E-state index contributed by atoms with van der Waals surface area (Å²) in [5, 5.41) is 10.8. The number of nitro groups is 1. The second kappa shape index (κ2) is 7.95. The predicted molar refractivity (Wildman–Crippen MR) is 98.6 cm³/mol. The van der Waals surface area contributed by atoms with Gasteiger partial charge in [0.05, 0.1) is 17.6 Å². The van der Waals surface area contributed by atoms with Crippen LogP contribution in [0.3, 0.4) is 0 Å². The van der Waals surface area contributed by atoms with E-state index in [1.165, 1.54) is 43.5 Å². The molecule has 1 aliphatic carbocycles. The van der Waals surface area contributed by atoms with Crippen LogP contribution < -0.4 is 9.46 Å². The number of nitrogens with zero attached hydrogens (tertiary/aromatic N) is 1. The fourth-order valence-corrected chi connectivity index (χ4v) is 3.99. The van der Waals surface area contributed by atoms with Crippen molar-refractivity contribution >= 4 is 21.7 Å². The first-order chi connectivity index (χ1) is 13.3. The number of sulfonamides is 1. The van der Waals surface area contributed by atoms with Crippen molar-refractivity contribution in [3.8, 4) is 5.75 Å². The molecule has 0 radical (unpaired) electrons. The molecule has 10 heteroatoms. The highest BCUT2D eigenvalue weighted by Crippen LogP contribution is 2.28. The number of hydrogen-bond acceptors (Lipinski definition) is 7. The molecule has 0 aromatic heterocycles. The molecular formula is C18H18N2O7S. The molecule has 1 aliphatic rings. The normalized spacial score (nSPS) is 13.8. The molecule has 0 spiro atoms. The van der Waals surface area contributed by atoms with Crippen molar-refractivity contribution in [3.05, 3.63) is 63.7 Å². The summed E-state index contributed by atoms with van der Waals surface area (Å²) in [5.41, 5.74) is 0.360. The van der Waals surface area contributed by atoms with Crippen LogP contribution in [0.5, 0.6) is 5.75 Å². The molecule has 9 nitrogen and oxygen atoms in total. The predicted octanol–water partition coefficient (Wildman–Crippen LogP) is 2.40. The van der Waals surface area contributed by atoms with E-state index in [0.29, 0.717) is 5.56 Å². The summed E-state index contributed by atoms with van der Waals surface area (Å²) in [4.78, 5) is 22.5. The highest BCUT2D eigenvalue weighted by atomic mass is 32.2. The Balaban J connectivity index is 1.77. The number of non-ortho nitro benzene ring substituents is 1. The number of esters is 1. The summed E-state index contributed by atoms with van der Waals surface area (Å²) in [5.74, 6) is -0.639. The molecule has 0 unspecified atom stereocenters. The SMILES string of the molecule is COc1ccc(C(=O)OCc2cccc([N+](=O)[O-])c2)cc1S(=O)(=O)NC1CC1. The Labute approximate surface area is 161 Å². The van der Waals surface area contributed by atoms with Gasteiger partial charge in [-0.15, -0.1) is 0 Å². The number of carbonyl (C=O) groups is 1. The van der Waals surface area contributed by atoms with E-state index in [0.717, 1.165) is 12.8 Å². The van der Waals surface area contributed by atoms with E-state index in [4.69, 9.17) is 9.47 Å². The van der Waals surface area contributed by atoms with Crippen LogP contribution in [0.1, 0.15) is 28.8 Å². The highest BCUT2D eigenvalue weighted by molar-refractivity contribution is 7.89. The molecule has 0 atom stereocenters. The fourth-order valence-electron chi connectivity index (χ4n) is 2.49. The molecule has 2 aromatic carbocycles. The zero-order valence-electron chi connectivity index (χ0n) is 15.0. The van der Waals surface area contributed by atoms with Gasteiger partial charge >= 0.3 is 5.97 Å². The summed E-state index contributed by atoms with van der Waals surface area (Å²) < 4.78 is 37.8. The Morgan fingerprint density at radius 1 is 1.25 bits per heavy atom. The van der Waals surface area contributed by atoms with Gasteiger partial charge in [-0.2, -0.15) is 0 Å². The van der Waals surface area contributed by atoms with E-state index >= 15 is 0 Å².